The van der Waals surface area contributed by atoms with Gasteiger partial charge in [-0.1, -0.05) is 67.9 Å². The van der Waals surface area contributed by atoms with E-state index in [4.69, 9.17) is 16.2 Å². The summed E-state index contributed by atoms with van der Waals surface area (Å²) in [6.07, 6.45) is 3.39. The molecule has 3 aromatic carbocycles. The predicted molar refractivity (Wildman–Crippen MR) is 323 cm³/mol. The van der Waals surface area contributed by atoms with Gasteiger partial charge in [-0.2, -0.15) is 0 Å². The van der Waals surface area contributed by atoms with Crippen molar-refractivity contribution < 1.29 is 68.3 Å². The number of unbranched alkanes of at least 4 members (excludes halogenated alkanes) is 2. The molecule has 15 N–H and O–H groups in total. The monoisotopic (exact) mass is 1220 g/mol. The smallest absolute Gasteiger partial charge is 0.321 e. The first kappa shape index (κ1) is 71.2. The minimum Gasteiger partial charge on any atom is -0.508 e. The number of ether oxygens (including phenoxy) is 1. The van der Waals surface area contributed by atoms with Gasteiger partial charge in [0.1, 0.15) is 23.7 Å². The fourth-order valence-corrected chi connectivity index (χ4v) is 9.34. The van der Waals surface area contributed by atoms with Gasteiger partial charge in [-0.3, -0.25) is 68.8 Å². The lowest BCUT2D eigenvalue weighted by Crippen LogP contribution is -2.54. The van der Waals surface area contributed by atoms with Crippen LogP contribution in [0.4, 0.5) is 4.79 Å². The van der Waals surface area contributed by atoms with Crippen molar-refractivity contribution in [1.29, 1.82) is 0 Å². The summed E-state index contributed by atoms with van der Waals surface area (Å²) in [7, 11) is 0. The van der Waals surface area contributed by atoms with Gasteiger partial charge in [-0.15, -0.1) is 0 Å². The molecule has 1 heterocycles. The van der Waals surface area contributed by atoms with Gasteiger partial charge in [0.25, 0.3) is 0 Å². The Morgan fingerprint density at radius 1 is 0.644 bits per heavy atom. The zero-order valence-corrected chi connectivity index (χ0v) is 49.5. The predicted octanol–water partition coefficient (Wildman–Crippen LogP) is -0.392. The number of nitrogens with two attached hydrogens (primary N) is 2. The average molecular weight is 1220 g/mol. The number of carbonyl (C=O) groups excluding carboxylic acids is 6. The van der Waals surface area contributed by atoms with Gasteiger partial charge in [0.15, 0.2) is 12.2 Å². The van der Waals surface area contributed by atoms with Crippen LogP contribution in [0.25, 0.3) is 0 Å². The first-order chi connectivity index (χ1) is 41.8. The fourth-order valence-electron chi connectivity index (χ4n) is 9.34. The maximum absolute atomic E-state index is 14.5. The highest BCUT2D eigenvalue weighted by Gasteiger charge is 2.29. The standard InChI is InChI=1S/C59H88N14O14/c1-2-50(76)63-25-26-66-59(86)69-58(61)65-24-11-17-48(56(84)67-37-42-18-20-45(75)21-19-42)68-57(85)54(43-12-4-3-5-13-43)44-14-10-15-46(36-44)87-35-9-8-23-64-55(83)47(60)16-6-7-22-62-49(41-74)73-33-31-71(39-52(79)80)29-27-70(38-51(77)78)28-30-72(32-34-73)40-53(81)82/h3-5,10,12-15,18-21,36,41,47-49,54,62,75H,2,6-9,11,16-17,22-35,37-40,60H2,1H3,(H,63,76)(H,64,83)(H,67,84)(H,68,85)(H,77,78)(H,79,80)(H,81,82)(H4,61,65,66,69,86)/t47-,48-,49?,54?/m1/s1. The van der Waals surface area contributed by atoms with E-state index in [2.05, 4.69) is 42.2 Å². The number of aldehydes is 1. The number of nitrogens with zero attached hydrogens (tertiary/aromatic N) is 5. The number of amides is 6. The summed E-state index contributed by atoms with van der Waals surface area (Å²) >= 11 is 0. The number of rotatable bonds is 36. The van der Waals surface area contributed by atoms with E-state index in [1.54, 1.807) is 58.0 Å². The molecule has 0 spiro atoms. The van der Waals surface area contributed by atoms with E-state index in [0.717, 1.165) is 11.8 Å². The number of hydrogen-bond donors (Lipinski definition) is 13. The van der Waals surface area contributed by atoms with Gasteiger partial charge >= 0.3 is 23.9 Å². The fraction of sp³-hybridized carbons (Fsp3) is 0.525. The molecule has 4 atom stereocenters. The Morgan fingerprint density at radius 2 is 1.24 bits per heavy atom. The molecular weight excluding hydrogens is 1130 g/mol. The normalized spacial score (nSPS) is 15.4. The highest BCUT2D eigenvalue weighted by atomic mass is 16.5. The molecule has 4 rings (SSSR count). The molecule has 28 nitrogen and oxygen atoms in total. The van der Waals surface area contributed by atoms with Crippen molar-refractivity contribution in [1.82, 2.24) is 56.8 Å². The van der Waals surface area contributed by atoms with Crippen LogP contribution in [0.1, 0.15) is 80.9 Å². The number of benzene rings is 3. The van der Waals surface area contributed by atoms with Crippen LogP contribution in [0.5, 0.6) is 11.5 Å². The number of phenols is 1. The van der Waals surface area contributed by atoms with Crippen molar-refractivity contribution in [3.05, 3.63) is 95.6 Å². The molecule has 1 aliphatic rings. The second-order valence-electron chi connectivity index (χ2n) is 20.9. The van der Waals surface area contributed by atoms with Crippen LogP contribution >= 0.6 is 0 Å². The lowest BCUT2D eigenvalue weighted by Gasteiger charge is -2.35. The van der Waals surface area contributed by atoms with Gasteiger partial charge in [0.2, 0.25) is 23.6 Å². The Labute approximate surface area is 507 Å². The largest absolute Gasteiger partial charge is 0.508 e. The van der Waals surface area contributed by atoms with Crippen molar-refractivity contribution in [3.8, 4) is 11.5 Å². The second-order valence-corrected chi connectivity index (χ2v) is 20.9. The third-order valence-electron chi connectivity index (χ3n) is 14.1. The Kier molecular flexibility index (Phi) is 32.9. The maximum atomic E-state index is 14.5. The zero-order chi connectivity index (χ0) is 63.3. The number of aliphatic carboxylic acids is 3. The molecule has 1 fully saturated rings. The first-order valence-corrected chi connectivity index (χ1v) is 29.4. The number of carboxylic acids is 3. The van der Waals surface area contributed by atoms with Crippen molar-refractivity contribution in [3.63, 3.8) is 0 Å². The van der Waals surface area contributed by atoms with Crippen molar-refractivity contribution in [2.24, 2.45) is 16.5 Å². The van der Waals surface area contributed by atoms with Gasteiger partial charge in [0.05, 0.1) is 38.2 Å². The Morgan fingerprint density at radius 3 is 1.85 bits per heavy atom. The minimum atomic E-state index is -1.05. The van der Waals surface area contributed by atoms with Crippen LogP contribution in [-0.2, 0) is 44.9 Å². The highest BCUT2D eigenvalue weighted by molar-refractivity contribution is 5.95. The van der Waals surface area contributed by atoms with E-state index in [1.165, 1.54) is 12.1 Å². The quantitative estimate of drug-likeness (QED) is 0.0153. The topological polar surface area (TPSA) is 405 Å². The van der Waals surface area contributed by atoms with Gasteiger partial charge in [-0.05, 0) is 86.0 Å². The Bertz CT molecular complexity index is 2640. The molecule has 0 aromatic heterocycles. The SMILES string of the molecule is CCC(=O)NCCNC(=O)NC(N)=NCCC[C@@H](NC(=O)C(c1ccccc1)c1cccc(OCCCCNC(=O)[C@H](N)CCCCNC(C=O)N2CCN(CC(=O)O)CCN(CC(=O)O)CCN(CC(=O)O)CC2)c1)C(=O)NCc1ccc(O)cc1. The number of carboxylic acid groups (broad SMARTS) is 3. The van der Waals surface area contributed by atoms with Gasteiger partial charge in [-0.25, -0.2) is 4.79 Å². The number of nitrogens with one attached hydrogen (secondary N) is 7. The number of carbonyl (C=O) groups is 9. The molecule has 2 unspecified atom stereocenters. The van der Waals surface area contributed by atoms with Gasteiger partial charge in [0, 0.05) is 91.5 Å². The highest BCUT2D eigenvalue weighted by Crippen LogP contribution is 2.28. The summed E-state index contributed by atoms with van der Waals surface area (Å²) < 4.78 is 6.12. The summed E-state index contributed by atoms with van der Waals surface area (Å²) in [6.45, 7) is 4.60. The molecule has 6 amide bonds. The summed E-state index contributed by atoms with van der Waals surface area (Å²) in [5, 5.41) is 57.9. The molecule has 0 aliphatic carbocycles. The number of urea groups is 1. The summed E-state index contributed by atoms with van der Waals surface area (Å²) in [6, 6.07) is 20.1. The van der Waals surface area contributed by atoms with E-state index >= 15 is 0 Å². The van der Waals surface area contributed by atoms with E-state index in [-0.39, 0.29) is 135 Å². The van der Waals surface area contributed by atoms with Gasteiger partial charge < -0.3 is 68.0 Å². The number of phenolic OH excluding ortho intramolecular Hbond substituents is 1. The van der Waals surface area contributed by atoms with Crippen LogP contribution in [0.3, 0.4) is 0 Å². The number of aromatic hydroxyl groups is 1. The zero-order valence-electron chi connectivity index (χ0n) is 49.5. The molecule has 28 heteroatoms. The van der Waals surface area contributed by atoms with Crippen molar-refractivity contribution in [2.45, 2.75) is 89.0 Å². The molecule has 478 valence electrons. The van der Waals surface area contributed by atoms with Crippen LogP contribution in [0, 0.1) is 0 Å². The van der Waals surface area contributed by atoms with Crippen LogP contribution < -0.4 is 53.4 Å². The van der Waals surface area contributed by atoms with Crippen LogP contribution in [-0.4, -0.2) is 229 Å². The Balaban J connectivity index is 1.26. The minimum absolute atomic E-state index is 0.0717. The van der Waals surface area contributed by atoms with Crippen LogP contribution in [0.2, 0.25) is 0 Å². The lowest BCUT2D eigenvalue weighted by atomic mass is 9.90. The van der Waals surface area contributed by atoms with Crippen molar-refractivity contribution in [2.75, 3.05) is 111 Å². The van der Waals surface area contributed by atoms with E-state index in [0.29, 0.717) is 75.1 Å². The molecule has 1 aliphatic heterocycles. The van der Waals surface area contributed by atoms with E-state index < -0.39 is 59.9 Å². The lowest BCUT2D eigenvalue weighted by molar-refractivity contribution is -0.140. The number of guanidine groups is 1. The number of aliphatic imine (C=N–C) groups is 1. The maximum Gasteiger partial charge on any atom is 0.321 e. The third-order valence-corrected chi connectivity index (χ3v) is 14.1. The third kappa shape index (κ3) is 29.1. The molecule has 3 aromatic rings. The Hall–Kier alpha value is -8.28. The summed E-state index contributed by atoms with van der Waals surface area (Å²) in [4.78, 5) is 123. The summed E-state index contributed by atoms with van der Waals surface area (Å²) in [5.74, 6) is -4.98. The molecule has 0 saturated carbocycles. The molecule has 1 saturated heterocycles. The molecular formula is C59H88N14O14. The van der Waals surface area contributed by atoms with Crippen LogP contribution in [0.15, 0.2) is 83.9 Å². The average Bonchev–Trinajstić information content (AvgIpc) is 1.80. The van der Waals surface area contributed by atoms with E-state index in [9.17, 15) is 63.6 Å². The van der Waals surface area contributed by atoms with Crippen molar-refractivity contribution >= 4 is 59.8 Å². The molecule has 87 heavy (non-hydrogen) atoms. The first-order valence-electron chi connectivity index (χ1n) is 29.4. The van der Waals surface area contributed by atoms with E-state index in [1.807, 2.05) is 35.2 Å². The molecule has 0 radical (unpaired) electrons. The molecule has 0 bridgehead atoms. The number of hydrogen-bond acceptors (Lipinski definition) is 18. The second kappa shape index (κ2) is 40.2. The summed E-state index contributed by atoms with van der Waals surface area (Å²) in [5.41, 5.74) is 14.2.